The molecule has 0 unspecified atom stereocenters. The van der Waals surface area contributed by atoms with Crippen LogP contribution in [0.5, 0.6) is 5.75 Å². The average Bonchev–Trinajstić information content (AvgIpc) is 3.54. The number of nitrogens with one attached hydrogen (secondary N) is 1. The molecule has 3 aromatic rings. The molecular formula is C24H25F3N4O4S. The van der Waals surface area contributed by atoms with Crippen LogP contribution >= 0.6 is 0 Å². The average molecular weight is 523 g/mol. The lowest BCUT2D eigenvalue weighted by atomic mass is 9.93. The van der Waals surface area contributed by atoms with Gasteiger partial charge in [-0.15, -0.1) is 0 Å². The Morgan fingerprint density at radius 2 is 1.94 bits per heavy atom. The van der Waals surface area contributed by atoms with Gasteiger partial charge < -0.3 is 15.0 Å². The van der Waals surface area contributed by atoms with Crippen molar-refractivity contribution in [1.29, 1.82) is 0 Å². The first-order chi connectivity index (χ1) is 16.8. The number of ether oxygens (including phenoxy) is 1. The van der Waals surface area contributed by atoms with Crippen LogP contribution in [0.2, 0.25) is 0 Å². The number of benzene rings is 1. The first kappa shape index (κ1) is 24.4. The van der Waals surface area contributed by atoms with Gasteiger partial charge in [0, 0.05) is 29.5 Å². The molecule has 0 bridgehead atoms. The van der Waals surface area contributed by atoms with E-state index in [2.05, 4.69) is 14.4 Å². The van der Waals surface area contributed by atoms with Crippen LogP contribution in [0, 0.1) is 11.7 Å². The third kappa shape index (κ3) is 3.97. The van der Waals surface area contributed by atoms with Gasteiger partial charge in [-0.25, -0.2) is 17.8 Å². The van der Waals surface area contributed by atoms with E-state index in [0.717, 1.165) is 18.9 Å². The van der Waals surface area contributed by atoms with Gasteiger partial charge >= 0.3 is 6.61 Å². The quantitative estimate of drug-likeness (QED) is 0.491. The monoisotopic (exact) mass is 522 g/mol. The Hall–Kier alpha value is -3.28. The lowest BCUT2D eigenvalue weighted by Crippen LogP contribution is -2.34. The SMILES string of the molecule is CC(C)(C)S(=O)(=O)Nc1ccc2c(n1)C[C@@H](C1CC1)n1c-2c(C(N)=O)c2cc(F)c(OC(F)F)cc21. The number of sulfonamides is 1. The number of carbonyl (C=O) groups excluding carboxylic acids is 1. The van der Waals surface area contributed by atoms with Crippen molar-refractivity contribution in [2.24, 2.45) is 11.7 Å². The molecule has 192 valence electrons. The molecule has 0 radical (unpaired) electrons. The van der Waals surface area contributed by atoms with E-state index in [1.807, 2.05) is 4.57 Å². The van der Waals surface area contributed by atoms with Crippen molar-refractivity contribution in [2.45, 2.75) is 57.4 Å². The second-order valence-electron chi connectivity index (χ2n) is 10.2. The van der Waals surface area contributed by atoms with Gasteiger partial charge in [0.25, 0.3) is 5.91 Å². The summed E-state index contributed by atoms with van der Waals surface area (Å²) in [4.78, 5) is 17.2. The van der Waals surface area contributed by atoms with Crippen LogP contribution in [-0.2, 0) is 16.4 Å². The summed E-state index contributed by atoms with van der Waals surface area (Å²) < 4.78 is 73.4. The largest absolute Gasteiger partial charge is 0.432 e. The molecule has 2 aliphatic rings. The fraction of sp³-hybridized carbons (Fsp3) is 0.417. The van der Waals surface area contributed by atoms with Crippen LogP contribution in [-0.4, -0.2) is 35.2 Å². The number of primary amides is 1. The Balaban J connectivity index is 1.73. The third-order valence-corrected chi connectivity index (χ3v) is 8.78. The van der Waals surface area contributed by atoms with Crippen molar-refractivity contribution in [2.75, 3.05) is 4.72 Å². The minimum absolute atomic E-state index is 0.0453. The highest BCUT2D eigenvalue weighted by Gasteiger charge is 2.41. The Bertz CT molecular complexity index is 1510. The maximum Gasteiger partial charge on any atom is 0.387 e. The van der Waals surface area contributed by atoms with E-state index in [4.69, 9.17) is 5.73 Å². The van der Waals surface area contributed by atoms with Gasteiger partial charge in [-0.1, -0.05) is 0 Å². The van der Waals surface area contributed by atoms with Gasteiger partial charge in [0.2, 0.25) is 10.0 Å². The van der Waals surface area contributed by atoms with E-state index in [0.29, 0.717) is 28.9 Å². The minimum Gasteiger partial charge on any atom is -0.432 e. The van der Waals surface area contributed by atoms with Crippen molar-refractivity contribution in [3.63, 3.8) is 0 Å². The number of fused-ring (bicyclic) bond motifs is 5. The highest BCUT2D eigenvalue weighted by Crippen LogP contribution is 2.51. The van der Waals surface area contributed by atoms with Crippen LogP contribution in [0.1, 0.15) is 55.7 Å². The number of rotatable bonds is 6. The minimum atomic E-state index is -3.73. The summed E-state index contributed by atoms with van der Waals surface area (Å²) in [6.45, 7) is 1.49. The van der Waals surface area contributed by atoms with Crippen LogP contribution in [0.15, 0.2) is 24.3 Å². The summed E-state index contributed by atoms with van der Waals surface area (Å²) in [5.74, 6) is -2.12. The number of hydrogen-bond donors (Lipinski definition) is 2. The molecule has 1 aliphatic carbocycles. The standard InChI is InChI=1S/C24H25F3N4O4S/c1-24(2,3)36(33,34)30-19-7-6-12-15(29-19)9-16(11-4-5-11)31-17-10-18(35-23(26)27)14(25)8-13(17)20(21(12)31)22(28)32/h6-8,10-11,16,23H,4-5,9H2,1-3H3,(H2,28,32)(H,29,30)/t16-/m0/s1. The van der Waals surface area contributed by atoms with Crippen molar-refractivity contribution in [1.82, 2.24) is 9.55 Å². The Morgan fingerprint density at radius 1 is 1.25 bits per heavy atom. The molecule has 3 N–H and O–H groups in total. The fourth-order valence-corrected chi connectivity index (χ4v) is 5.42. The predicted octanol–water partition coefficient (Wildman–Crippen LogP) is 4.59. The first-order valence-electron chi connectivity index (χ1n) is 11.4. The molecule has 1 amide bonds. The molecule has 0 saturated heterocycles. The maximum atomic E-state index is 14.7. The molecule has 36 heavy (non-hydrogen) atoms. The van der Waals surface area contributed by atoms with E-state index in [-0.39, 0.29) is 28.7 Å². The highest BCUT2D eigenvalue weighted by molar-refractivity contribution is 7.94. The summed E-state index contributed by atoms with van der Waals surface area (Å²) in [6.07, 6.45) is 2.22. The maximum absolute atomic E-state index is 14.7. The molecule has 1 fully saturated rings. The molecule has 1 aromatic carbocycles. The lowest BCUT2D eigenvalue weighted by molar-refractivity contribution is -0.0521. The molecule has 1 atom stereocenters. The number of anilines is 1. The molecule has 3 heterocycles. The van der Waals surface area contributed by atoms with Crippen molar-refractivity contribution < 1.29 is 31.1 Å². The third-order valence-electron chi connectivity index (χ3n) is 6.69. The molecule has 1 aliphatic heterocycles. The highest BCUT2D eigenvalue weighted by atomic mass is 32.2. The smallest absolute Gasteiger partial charge is 0.387 e. The van der Waals surface area contributed by atoms with Gasteiger partial charge in [-0.05, 0) is 57.7 Å². The number of alkyl halides is 2. The number of carbonyl (C=O) groups is 1. The van der Waals surface area contributed by atoms with Gasteiger partial charge in [-0.3, -0.25) is 9.52 Å². The van der Waals surface area contributed by atoms with Gasteiger partial charge in [0.05, 0.1) is 27.2 Å². The zero-order chi connectivity index (χ0) is 26.2. The number of halogens is 3. The lowest BCUT2D eigenvalue weighted by Gasteiger charge is -2.29. The number of pyridine rings is 1. The Kier molecular flexibility index (Phi) is 5.51. The van der Waals surface area contributed by atoms with E-state index in [9.17, 15) is 26.4 Å². The number of amides is 1. The van der Waals surface area contributed by atoms with E-state index in [1.54, 1.807) is 26.8 Å². The second kappa shape index (κ2) is 8.12. The van der Waals surface area contributed by atoms with Crippen LogP contribution in [0.25, 0.3) is 22.2 Å². The normalized spacial score (nSPS) is 17.7. The Morgan fingerprint density at radius 3 is 2.53 bits per heavy atom. The predicted molar refractivity (Wildman–Crippen MR) is 128 cm³/mol. The molecule has 5 rings (SSSR count). The molecule has 8 nitrogen and oxygen atoms in total. The van der Waals surface area contributed by atoms with Gasteiger partial charge in [0.1, 0.15) is 5.82 Å². The second-order valence-corrected chi connectivity index (χ2v) is 12.6. The molecule has 12 heteroatoms. The Labute approximate surface area is 205 Å². The van der Waals surface area contributed by atoms with Crippen LogP contribution in [0.4, 0.5) is 19.0 Å². The summed E-state index contributed by atoms with van der Waals surface area (Å²) in [5.41, 5.74) is 7.63. The van der Waals surface area contributed by atoms with Crippen molar-refractivity contribution in [3.05, 3.63) is 41.3 Å². The number of nitrogens with two attached hydrogens (primary N) is 1. The first-order valence-corrected chi connectivity index (χ1v) is 12.9. The zero-order valence-electron chi connectivity index (χ0n) is 19.8. The molecule has 2 aromatic heterocycles. The summed E-state index contributed by atoms with van der Waals surface area (Å²) >= 11 is 0. The van der Waals surface area contributed by atoms with Crippen molar-refractivity contribution in [3.8, 4) is 17.0 Å². The molecule has 0 spiro atoms. The van der Waals surface area contributed by atoms with Crippen LogP contribution < -0.4 is 15.2 Å². The van der Waals surface area contributed by atoms with E-state index >= 15 is 0 Å². The molecule has 1 saturated carbocycles. The number of aromatic nitrogens is 2. The summed E-state index contributed by atoms with van der Waals surface area (Å²) in [6, 6.07) is 5.07. The van der Waals surface area contributed by atoms with Crippen molar-refractivity contribution >= 4 is 32.7 Å². The number of nitrogens with zero attached hydrogens (tertiary/aromatic N) is 2. The number of hydrogen-bond acceptors (Lipinski definition) is 5. The van der Waals surface area contributed by atoms with Crippen LogP contribution in [0.3, 0.4) is 0 Å². The summed E-state index contributed by atoms with van der Waals surface area (Å²) in [5, 5.41) is 0.188. The summed E-state index contributed by atoms with van der Waals surface area (Å²) in [7, 11) is -3.73. The van der Waals surface area contributed by atoms with Gasteiger partial charge in [0.15, 0.2) is 11.6 Å². The van der Waals surface area contributed by atoms with E-state index in [1.165, 1.54) is 12.1 Å². The zero-order valence-corrected chi connectivity index (χ0v) is 20.6. The topological polar surface area (TPSA) is 116 Å². The van der Waals surface area contributed by atoms with Gasteiger partial charge in [-0.2, -0.15) is 8.78 Å². The molecular weight excluding hydrogens is 497 g/mol. The fourth-order valence-electron chi connectivity index (χ4n) is 4.72. The van der Waals surface area contributed by atoms with E-state index < -0.39 is 38.9 Å².